The molecule has 1 unspecified atom stereocenters. The lowest BCUT2D eigenvalue weighted by atomic mass is 10.1. The average molecular weight is 321 g/mol. The van der Waals surface area contributed by atoms with E-state index in [2.05, 4.69) is 6.92 Å². The fourth-order valence-corrected chi connectivity index (χ4v) is 4.38. The first-order valence-corrected chi connectivity index (χ1v) is 9.58. The Morgan fingerprint density at radius 3 is 2.64 bits per heavy atom. The molecule has 0 aromatic heterocycles. The normalized spacial score (nSPS) is 20.3. The van der Waals surface area contributed by atoms with Crippen LogP contribution in [0.25, 0.3) is 6.08 Å². The molecule has 1 aliphatic rings. The molecular formula is C17H23NO3S. The van der Waals surface area contributed by atoms with Crippen LogP contribution in [0, 0.1) is 0 Å². The second-order valence-corrected chi connectivity index (χ2v) is 7.91. The van der Waals surface area contributed by atoms with Gasteiger partial charge in [0, 0.05) is 18.7 Å². The van der Waals surface area contributed by atoms with E-state index in [4.69, 9.17) is 0 Å². The molecule has 1 atom stereocenters. The third kappa shape index (κ3) is 4.70. The lowest BCUT2D eigenvalue weighted by Crippen LogP contribution is -2.40. The Bertz CT molecular complexity index is 623. The van der Waals surface area contributed by atoms with Crippen molar-refractivity contribution in [1.82, 2.24) is 4.90 Å². The molecule has 4 nitrogen and oxygen atoms in total. The van der Waals surface area contributed by atoms with E-state index < -0.39 is 9.84 Å². The quantitative estimate of drug-likeness (QED) is 0.757. The van der Waals surface area contributed by atoms with Crippen LogP contribution >= 0.6 is 0 Å². The van der Waals surface area contributed by atoms with E-state index >= 15 is 0 Å². The van der Waals surface area contributed by atoms with Gasteiger partial charge in [0.05, 0.1) is 11.5 Å². The van der Waals surface area contributed by atoms with E-state index in [9.17, 15) is 13.2 Å². The van der Waals surface area contributed by atoms with Crippen LogP contribution in [0.3, 0.4) is 0 Å². The number of unbranched alkanes of at least 4 members (excludes halogenated alkanes) is 1. The molecule has 1 heterocycles. The van der Waals surface area contributed by atoms with Crippen LogP contribution in [-0.4, -0.2) is 43.3 Å². The van der Waals surface area contributed by atoms with Gasteiger partial charge in [-0.25, -0.2) is 8.42 Å². The van der Waals surface area contributed by atoms with Gasteiger partial charge in [-0.3, -0.25) is 4.79 Å². The molecule has 0 saturated carbocycles. The summed E-state index contributed by atoms with van der Waals surface area (Å²) in [6.45, 7) is 2.68. The second-order valence-electron chi connectivity index (χ2n) is 5.69. The summed E-state index contributed by atoms with van der Waals surface area (Å²) in [7, 11) is -2.98. The number of carbonyl (C=O) groups excluding carboxylic acids is 1. The Morgan fingerprint density at radius 1 is 1.32 bits per heavy atom. The summed E-state index contributed by atoms with van der Waals surface area (Å²) in [6, 6.07) is 9.45. The van der Waals surface area contributed by atoms with E-state index in [1.54, 1.807) is 17.1 Å². The van der Waals surface area contributed by atoms with Gasteiger partial charge in [-0.05, 0) is 24.5 Å². The van der Waals surface area contributed by atoms with Crippen LogP contribution in [0.15, 0.2) is 36.4 Å². The maximum Gasteiger partial charge on any atom is 0.246 e. The summed E-state index contributed by atoms with van der Waals surface area (Å²) in [5.74, 6) is 0.192. The smallest absolute Gasteiger partial charge is 0.246 e. The van der Waals surface area contributed by atoms with Crippen LogP contribution in [-0.2, 0) is 14.6 Å². The molecule has 0 spiro atoms. The minimum absolute atomic E-state index is 0.0978. The van der Waals surface area contributed by atoms with Crippen molar-refractivity contribution in [2.45, 2.75) is 32.2 Å². The van der Waals surface area contributed by atoms with E-state index in [-0.39, 0.29) is 23.5 Å². The molecule has 2 rings (SSSR count). The predicted molar refractivity (Wildman–Crippen MR) is 89.2 cm³/mol. The fraction of sp³-hybridized carbons (Fsp3) is 0.471. The van der Waals surface area contributed by atoms with Crippen molar-refractivity contribution in [2.24, 2.45) is 0 Å². The Morgan fingerprint density at radius 2 is 2.05 bits per heavy atom. The Balaban J connectivity index is 2.08. The van der Waals surface area contributed by atoms with Crippen LogP contribution in [0.4, 0.5) is 0 Å². The van der Waals surface area contributed by atoms with Gasteiger partial charge < -0.3 is 4.90 Å². The standard InChI is InChI=1S/C17H23NO3S/c1-2-3-12-18(16-11-13-22(20,21)14-16)17(19)10-9-15-7-5-4-6-8-15/h4-10,16H,2-3,11-14H2,1H3. The summed E-state index contributed by atoms with van der Waals surface area (Å²) >= 11 is 0. The van der Waals surface area contributed by atoms with Gasteiger partial charge in [-0.15, -0.1) is 0 Å². The van der Waals surface area contributed by atoms with Gasteiger partial charge in [-0.1, -0.05) is 43.7 Å². The Kier molecular flexibility index (Phi) is 5.77. The van der Waals surface area contributed by atoms with E-state index in [1.807, 2.05) is 30.3 Å². The second kappa shape index (κ2) is 7.58. The average Bonchev–Trinajstić information content (AvgIpc) is 2.86. The third-order valence-electron chi connectivity index (χ3n) is 3.90. The van der Waals surface area contributed by atoms with Crippen molar-refractivity contribution in [3.63, 3.8) is 0 Å². The van der Waals surface area contributed by atoms with Gasteiger partial charge in [0.15, 0.2) is 9.84 Å². The fourth-order valence-electron chi connectivity index (χ4n) is 2.65. The summed E-state index contributed by atoms with van der Waals surface area (Å²) in [6.07, 6.45) is 5.75. The zero-order valence-corrected chi connectivity index (χ0v) is 13.8. The molecule has 1 amide bonds. The van der Waals surface area contributed by atoms with Gasteiger partial charge in [0.25, 0.3) is 0 Å². The molecule has 120 valence electrons. The Hall–Kier alpha value is -1.62. The molecule has 1 aromatic carbocycles. The van der Waals surface area contributed by atoms with Gasteiger partial charge in [0.1, 0.15) is 0 Å². The van der Waals surface area contributed by atoms with E-state index in [0.29, 0.717) is 13.0 Å². The molecule has 0 aliphatic carbocycles. The molecule has 0 N–H and O–H groups in total. The highest BCUT2D eigenvalue weighted by atomic mass is 32.2. The first kappa shape index (κ1) is 16.7. The van der Waals surface area contributed by atoms with Crippen molar-refractivity contribution in [1.29, 1.82) is 0 Å². The highest BCUT2D eigenvalue weighted by Gasteiger charge is 2.33. The number of hydrogen-bond donors (Lipinski definition) is 0. The monoisotopic (exact) mass is 321 g/mol. The van der Waals surface area contributed by atoms with Crippen LogP contribution < -0.4 is 0 Å². The molecule has 1 aliphatic heterocycles. The minimum Gasteiger partial charge on any atom is -0.335 e. The maximum absolute atomic E-state index is 12.5. The molecule has 5 heteroatoms. The van der Waals surface area contributed by atoms with Gasteiger partial charge >= 0.3 is 0 Å². The highest BCUT2D eigenvalue weighted by molar-refractivity contribution is 7.91. The van der Waals surface area contributed by atoms with Crippen molar-refractivity contribution >= 4 is 21.8 Å². The summed E-state index contributed by atoms with van der Waals surface area (Å²) in [4.78, 5) is 14.2. The third-order valence-corrected chi connectivity index (χ3v) is 5.65. The van der Waals surface area contributed by atoms with Crippen molar-refractivity contribution in [2.75, 3.05) is 18.1 Å². The minimum atomic E-state index is -2.98. The molecule has 0 bridgehead atoms. The number of amides is 1. The van der Waals surface area contributed by atoms with E-state index in [1.165, 1.54) is 0 Å². The molecule has 1 saturated heterocycles. The van der Waals surface area contributed by atoms with Crippen LogP contribution in [0.2, 0.25) is 0 Å². The van der Waals surface area contributed by atoms with Crippen LogP contribution in [0.5, 0.6) is 0 Å². The molecule has 1 aromatic rings. The van der Waals surface area contributed by atoms with Crippen molar-refractivity contribution < 1.29 is 13.2 Å². The summed E-state index contributed by atoms with van der Waals surface area (Å²) in [5, 5.41) is 0. The number of carbonyl (C=O) groups is 1. The summed E-state index contributed by atoms with van der Waals surface area (Å²) < 4.78 is 23.3. The first-order chi connectivity index (χ1) is 10.5. The lowest BCUT2D eigenvalue weighted by Gasteiger charge is -2.27. The summed E-state index contributed by atoms with van der Waals surface area (Å²) in [5.41, 5.74) is 0.963. The van der Waals surface area contributed by atoms with Crippen molar-refractivity contribution in [3.05, 3.63) is 42.0 Å². The van der Waals surface area contributed by atoms with E-state index in [0.717, 1.165) is 18.4 Å². The van der Waals surface area contributed by atoms with Crippen LogP contribution in [0.1, 0.15) is 31.7 Å². The Labute approximate surface area is 132 Å². The number of sulfone groups is 1. The molecule has 0 radical (unpaired) electrons. The number of benzene rings is 1. The highest BCUT2D eigenvalue weighted by Crippen LogP contribution is 2.19. The van der Waals surface area contributed by atoms with Gasteiger partial charge in [0.2, 0.25) is 5.91 Å². The predicted octanol–water partition coefficient (Wildman–Crippen LogP) is 2.52. The largest absolute Gasteiger partial charge is 0.335 e. The van der Waals surface area contributed by atoms with Gasteiger partial charge in [-0.2, -0.15) is 0 Å². The number of nitrogens with zero attached hydrogens (tertiary/aromatic N) is 1. The molecular weight excluding hydrogens is 298 g/mol. The lowest BCUT2D eigenvalue weighted by molar-refractivity contribution is -0.127. The SMILES string of the molecule is CCCCN(C(=O)C=Cc1ccccc1)C1CCS(=O)(=O)C1. The zero-order valence-electron chi connectivity index (χ0n) is 12.9. The maximum atomic E-state index is 12.5. The first-order valence-electron chi connectivity index (χ1n) is 7.76. The zero-order chi connectivity index (χ0) is 16.0. The molecule has 1 fully saturated rings. The van der Waals surface area contributed by atoms with Crippen molar-refractivity contribution in [3.8, 4) is 0 Å². The molecule has 22 heavy (non-hydrogen) atoms. The topological polar surface area (TPSA) is 54.5 Å². The number of hydrogen-bond acceptors (Lipinski definition) is 3. The number of rotatable bonds is 6.